The van der Waals surface area contributed by atoms with E-state index in [1.54, 1.807) is 37.3 Å². The van der Waals surface area contributed by atoms with Gasteiger partial charge in [0.15, 0.2) is 0 Å². The maximum absolute atomic E-state index is 12.1. The maximum atomic E-state index is 12.1. The summed E-state index contributed by atoms with van der Waals surface area (Å²) in [6, 6.07) is 13.6. The highest BCUT2D eigenvalue weighted by molar-refractivity contribution is 5.91. The molecule has 24 heavy (non-hydrogen) atoms. The molecule has 0 aromatic heterocycles. The Bertz CT molecular complexity index is 754. The molecule has 0 spiro atoms. The van der Waals surface area contributed by atoms with Gasteiger partial charge in [-0.05, 0) is 29.3 Å². The summed E-state index contributed by atoms with van der Waals surface area (Å²) >= 11 is 0. The van der Waals surface area contributed by atoms with Gasteiger partial charge < -0.3 is 9.64 Å². The Labute approximate surface area is 140 Å². The Kier molecular flexibility index (Phi) is 5.68. The molecule has 0 N–H and O–H groups in total. The van der Waals surface area contributed by atoms with Gasteiger partial charge in [-0.15, -0.1) is 0 Å². The number of nitro benzene ring substituents is 1. The summed E-state index contributed by atoms with van der Waals surface area (Å²) < 4.78 is 5.10. The molecule has 0 heterocycles. The first-order chi connectivity index (χ1) is 11.5. The standard InChI is InChI=1S/C18H18N2O4/c1-19(13-15-6-9-17(24-2)10-7-15)18(21)11-8-14-4-3-5-16(12-14)20(22)23/h3-12H,13H2,1-2H3. The van der Waals surface area contributed by atoms with Gasteiger partial charge in [0, 0.05) is 31.8 Å². The molecule has 0 fully saturated rings. The average molecular weight is 326 g/mol. The zero-order valence-electron chi connectivity index (χ0n) is 13.5. The van der Waals surface area contributed by atoms with Crippen LogP contribution in [-0.4, -0.2) is 29.9 Å². The van der Waals surface area contributed by atoms with Gasteiger partial charge in [0.1, 0.15) is 5.75 Å². The number of rotatable bonds is 6. The number of carbonyl (C=O) groups is 1. The van der Waals surface area contributed by atoms with Crippen molar-refractivity contribution in [2.75, 3.05) is 14.2 Å². The lowest BCUT2D eigenvalue weighted by Gasteiger charge is -2.15. The number of hydrogen-bond acceptors (Lipinski definition) is 4. The first-order valence-corrected chi connectivity index (χ1v) is 7.30. The first kappa shape index (κ1) is 17.2. The molecular weight excluding hydrogens is 308 g/mol. The second-order valence-electron chi connectivity index (χ2n) is 5.23. The van der Waals surface area contributed by atoms with Crippen LogP contribution in [-0.2, 0) is 11.3 Å². The Morgan fingerprint density at radius 1 is 1.25 bits per heavy atom. The predicted octanol–water partition coefficient (Wildman–Crippen LogP) is 3.28. The van der Waals surface area contributed by atoms with Crippen LogP contribution in [0.4, 0.5) is 5.69 Å². The van der Waals surface area contributed by atoms with Crippen LogP contribution in [0.25, 0.3) is 6.08 Å². The van der Waals surface area contributed by atoms with E-state index in [0.29, 0.717) is 12.1 Å². The van der Waals surface area contributed by atoms with E-state index in [-0.39, 0.29) is 11.6 Å². The normalized spacial score (nSPS) is 10.6. The molecule has 2 aromatic rings. The van der Waals surface area contributed by atoms with Crippen LogP contribution in [0.1, 0.15) is 11.1 Å². The van der Waals surface area contributed by atoms with Crippen molar-refractivity contribution in [2.24, 2.45) is 0 Å². The molecule has 0 unspecified atom stereocenters. The SMILES string of the molecule is COc1ccc(CN(C)C(=O)C=Cc2cccc([N+](=O)[O-])c2)cc1. The number of nitrogens with zero attached hydrogens (tertiary/aromatic N) is 2. The Morgan fingerprint density at radius 2 is 1.96 bits per heavy atom. The molecular formula is C18H18N2O4. The van der Waals surface area contributed by atoms with E-state index < -0.39 is 4.92 Å². The highest BCUT2D eigenvalue weighted by Gasteiger charge is 2.07. The van der Waals surface area contributed by atoms with Crippen LogP contribution in [0, 0.1) is 10.1 Å². The highest BCUT2D eigenvalue weighted by atomic mass is 16.6. The predicted molar refractivity (Wildman–Crippen MR) is 91.6 cm³/mol. The molecule has 124 valence electrons. The molecule has 0 aliphatic heterocycles. The molecule has 2 rings (SSSR count). The van der Waals surface area contributed by atoms with Crippen LogP contribution in [0.2, 0.25) is 0 Å². The summed E-state index contributed by atoms with van der Waals surface area (Å²) in [5, 5.41) is 10.7. The molecule has 2 aromatic carbocycles. The molecule has 6 heteroatoms. The monoisotopic (exact) mass is 326 g/mol. The molecule has 0 atom stereocenters. The van der Waals surface area contributed by atoms with Crippen molar-refractivity contribution in [3.63, 3.8) is 0 Å². The first-order valence-electron chi connectivity index (χ1n) is 7.30. The summed E-state index contributed by atoms with van der Waals surface area (Å²) in [7, 11) is 3.30. The minimum absolute atomic E-state index is 0.00353. The molecule has 0 aliphatic carbocycles. The number of likely N-dealkylation sites (N-methyl/N-ethyl adjacent to an activating group) is 1. The van der Waals surface area contributed by atoms with Gasteiger partial charge in [-0.2, -0.15) is 0 Å². The summed E-state index contributed by atoms with van der Waals surface area (Å²) in [5.41, 5.74) is 1.59. The molecule has 0 aliphatic rings. The number of amides is 1. The van der Waals surface area contributed by atoms with Crippen molar-refractivity contribution in [3.8, 4) is 5.75 Å². The van der Waals surface area contributed by atoms with E-state index in [4.69, 9.17) is 4.74 Å². The summed E-state index contributed by atoms with van der Waals surface area (Å²) in [6.45, 7) is 0.460. The Morgan fingerprint density at radius 3 is 2.58 bits per heavy atom. The maximum Gasteiger partial charge on any atom is 0.270 e. The van der Waals surface area contributed by atoms with Crippen molar-refractivity contribution < 1.29 is 14.5 Å². The molecule has 0 radical (unpaired) electrons. The molecule has 0 saturated heterocycles. The number of non-ortho nitro benzene ring substituents is 1. The molecule has 6 nitrogen and oxygen atoms in total. The average Bonchev–Trinajstić information content (AvgIpc) is 2.60. The van der Waals surface area contributed by atoms with Crippen LogP contribution >= 0.6 is 0 Å². The lowest BCUT2D eigenvalue weighted by molar-refractivity contribution is -0.384. The van der Waals surface area contributed by atoms with Crippen LogP contribution in [0.3, 0.4) is 0 Å². The third-order valence-electron chi connectivity index (χ3n) is 3.45. The van der Waals surface area contributed by atoms with Gasteiger partial charge in [0.05, 0.1) is 12.0 Å². The summed E-state index contributed by atoms with van der Waals surface area (Å²) in [5.74, 6) is 0.579. The van der Waals surface area contributed by atoms with E-state index in [9.17, 15) is 14.9 Å². The Balaban J connectivity index is 1.99. The number of carbonyl (C=O) groups excluding carboxylic acids is 1. The van der Waals surface area contributed by atoms with E-state index in [1.807, 2.05) is 24.3 Å². The van der Waals surface area contributed by atoms with E-state index in [0.717, 1.165) is 11.3 Å². The van der Waals surface area contributed by atoms with Crippen molar-refractivity contribution in [1.82, 2.24) is 4.90 Å². The minimum Gasteiger partial charge on any atom is -0.497 e. The number of benzene rings is 2. The van der Waals surface area contributed by atoms with Gasteiger partial charge in [0.2, 0.25) is 5.91 Å². The van der Waals surface area contributed by atoms with Gasteiger partial charge in [-0.3, -0.25) is 14.9 Å². The number of methoxy groups -OCH3 is 1. The summed E-state index contributed by atoms with van der Waals surface area (Å²) in [6.07, 6.45) is 2.97. The number of nitro groups is 1. The zero-order chi connectivity index (χ0) is 17.5. The fourth-order valence-corrected chi connectivity index (χ4v) is 2.12. The third kappa shape index (κ3) is 4.67. The number of hydrogen-bond donors (Lipinski definition) is 0. The van der Waals surface area contributed by atoms with E-state index in [1.165, 1.54) is 18.2 Å². The highest BCUT2D eigenvalue weighted by Crippen LogP contribution is 2.15. The second kappa shape index (κ2) is 7.92. The molecule has 1 amide bonds. The van der Waals surface area contributed by atoms with E-state index in [2.05, 4.69) is 0 Å². The molecule has 0 bridgehead atoms. The fraction of sp³-hybridized carbons (Fsp3) is 0.167. The third-order valence-corrected chi connectivity index (χ3v) is 3.45. The zero-order valence-corrected chi connectivity index (χ0v) is 13.5. The summed E-state index contributed by atoms with van der Waals surface area (Å²) in [4.78, 5) is 24.0. The lowest BCUT2D eigenvalue weighted by atomic mass is 10.2. The Hall–Kier alpha value is -3.15. The fourth-order valence-electron chi connectivity index (χ4n) is 2.12. The molecule has 0 saturated carbocycles. The topological polar surface area (TPSA) is 72.7 Å². The van der Waals surface area contributed by atoms with Crippen LogP contribution in [0.5, 0.6) is 5.75 Å². The van der Waals surface area contributed by atoms with Gasteiger partial charge >= 0.3 is 0 Å². The van der Waals surface area contributed by atoms with Crippen molar-refractivity contribution >= 4 is 17.7 Å². The van der Waals surface area contributed by atoms with Crippen molar-refractivity contribution in [2.45, 2.75) is 6.54 Å². The van der Waals surface area contributed by atoms with Gasteiger partial charge in [0.25, 0.3) is 5.69 Å². The lowest BCUT2D eigenvalue weighted by Crippen LogP contribution is -2.24. The van der Waals surface area contributed by atoms with Crippen molar-refractivity contribution in [1.29, 1.82) is 0 Å². The second-order valence-corrected chi connectivity index (χ2v) is 5.23. The van der Waals surface area contributed by atoms with E-state index >= 15 is 0 Å². The quantitative estimate of drug-likeness (QED) is 0.464. The largest absolute Gasteiger partial charge is 0.497 e. The number of ether oxygens (including phenoxy) is 1. The van der Waals surface area contributed by atoms with Crippen LogP contribution < -0.4 is 4.74 Å². The van der Waals surface area contributed by atoms with Gasteiger partial charge in [-0.1, -0.05) is 24.3 Å². The minimum atomic E-state index is -0.463. The van der Waals surface area contributed by atoms with Crippen LogP contribution in [0.15, 0.2) is 54.6 Å². The smallest absolute Gasteiger partial charge is 0.270 e. The van der Waals surface area contributed by atoms with Crippen molar-refractivity contribution in [3.05, 3.63) is 75.8 Å². The van der Waals surface area contributed by atoms with Gasteiger partial charge in [-0.25, -0.2) is 0 Å².